The lowest BCUT2D eigenvalue weighted by atomic mass is 9.73. The smallest absolute Gasteiger partial charge is 0.277 e. The van der Waals surface area contributed by atoms with Gasteiger partial charge in [-0.1, -0.05) is 0 Å². The number of ether oxygens (including phenoxy) is 1. The molecule has 0 aromatic carbocycles. The first kappa shape index (κ1) is 13.2. The predicted molar refractivity (Wildman–Crippen MR) is 64.6 cm³/mol. The molecule has 2 aliphatic rings. The zero-order valence-electron chi connectivity index (χ0n) is 10.4. The molecule has 0 amide bonds. The van der Waals surface area contributed by atoms with Crippen LogP contribution in [0.2, 0.25) is 0 Å². The maximum absolute atomic E-state index is 11.9. The molecule has 4 atom stereocenters. The Bertz CT molecular complexity index is 390. The van der Waals surface area contributed by atoms with Crippen molar-refractivity contribution < 1.29 is 13.2 Å². The predicted octanol–water partition coefficient (Wildman–Crippen LogP) is -0.676. The van der Waals surface area contributed by atoms with E-state index in [1.807, 2.05) is 0 Å². The Kier molecular flexibility index (Phi) is 3.24. The number of fused-ring (bicyclic) bond motifs is 1. The van der Waals surface area contributed by atoms with Crippen LogP contribution in [0.3, 0.4) is 0 Å². The first-order valence-electron chi connectivity index (χ1n) is 5.88. The maximum Gasteiger partial charge on any atom is 0.277 e. The van der Waals surface area contributed by atoms with Gasteiger partial charge in [0.25, 0.3) is 10.2 Å². The Hall–Kier alpha value is -0.210. The highest BCUT2D eigenvalue weighted by Gasteiger charge is 2.53. The van der Waals surface area contributed by atoms with Gasteiger partial charge in [-0.2, -0.15) is 17.9 Å². The van der Waals surface area contributed by atoms with Gasteiger partial charge in [0.1, 0.15) is 0 Å². The molecule has 1 aliphatic carbocycles. The first-order valence-corrected chi connectivity index (χ1v) is 7.36. The van der Waals surface area contributed by atoms with Crippen LogP contribution >= 0.6 is 0 Å². The number of hydrogen-bond donors (Lipinski definition) is 3. The summed E-state index contributed by atoms with van der Waals surface area (Å²) in [5, 5.41) is 0. The Morgan fingerprint density at radius 3 is 2.59 bits per heavy atom. The summed E-state index contributed by atoms with van der Waals surface area (Å²) in [6, 6.07) is -0.443. The number of rotatable bonds is 3. The van der Waals surface area contributed by atoms with E-state index in [4.69, 9.17) is 10.5 Å². The van der Waals surface area contributed by atoms with E-state index in [0.29, 0.717) is 12.5 Å². The van der Waals surface area contributed by atoms with Crippen LogP contribution < -0.4 is 15.2 Å². The van der Waals surface area contributed by atoms with Crippen LogP contribution in [-0.2, 0) is 14.9 Å². The summed E-state index contributed by atoms with van der Waals surface area (Å²) in [5.74, 6) is 0.303. The third-order valence-corrected chi connectivity index (χ3v) is 4.64. The summed E-state index contributed by atoms with van der Waals surface area (Å²) >= 11 is 0. The number of nitrogens with two attached hydrogens (primary N) is 1. The van der Waals surface area contributed by atoms with Gasteiger partial charge in [0, 0.05) is 24.1 Å². The third-order valence-electron chi connectivity index (χ3n) is 3.18. The zero-order chi connectivity index (χ0) is 12.8. The van der Waals surface area contributed by atoms with Crippen molar-refractivity contribution in [3.05, 3.63) is 0 Å². The molecule has 0 aromatic rings. The Morgan fingerprint density at radius 1 is 1.35 bits per heavy atom. The molecule has 2 fully saturated rings. The lowest BCUT2D eigenvalue weighted by Crippen LogP contribution is -2.70. The van der Waals surface area contributed by atoms with Crippen LogP contribution in [0.4, 0.5) is 0 Å². The maximum atomic E-state index is 11.9. The fourth-order valence-corrected chi connectivity index (χ4v) is 4.02. The summed E-state index contributed by atoms with van der Waals surface area (Å²) in [6.45, 7) is 6.05. The first-order chi connectivity index (χ1) is 7.70. The molecule has 1 saturated heterocycles. The minimum atomic E-state index is -3.53. The lowest BCUT2D eigenvalue weighted by Gasteiger charge is -2.45. The Balaban J connectivity index is 1.97. The van der Waals surface area contributed by atoms with Crippen molar-refractivity contribution in [2.45, 2.75) is 50.9 Å². The normalized spacial score (nSPS) is 37.6. The van der Waals surface area contributed by atoms with E-state index in [1.165, 1.54) is 0 Å². The molecule has 100 valence electrons. The van der Waals surface area contributed by atoms with Gasteiger partial charge in [-0.15, -0.1) is 0 Å². The highest BCUT2D eigenvalue weighted by atomic mass is 32.2. The van der Waals surface area contributed by atoms with E-state index in [0.717, 1.165) is 6.42 Å². The summed E-state index contributed by atoms with van der Waals surface area (Å²) in [4.78, 5) is 0. The second-order valence-electron chi connectivity index (χ2n) is 5.86. The largest absolute Gasteiger partial charge is 0.376 e. The lowest BCUT2D eigenvalue weighted by molar-refractivity contribution is -0.00943. The number of hydrogen-bond acceptors (Lipinski definition) is 4. The molecule has 2 rings (SSSR count). The van der Waals surface area contributed by atoms with E-state index in [9.17, 15) is 8.42 Å². The molecule has 4 N–H and O–H groups in total. The molecule has 1 heterocycles. The van der Waals surface area contributed by atoms with E-state index >= 15 is 0 Å². The van der Waals surface area contributed by atoms with Crippen LogP contribution in [-0.4, -0.2) is 38.8 Å². The quantitative estimate of drug-likeness (QED) is 0.629. The molecule has 0 bridgehead atoms. The van der Waals surface area contributed by atoms with Gasteiger partial charge in [0.2, 0.25) is 0 Å². The minimum Gasteiger partial charge on any atom is -0.376 e. The van der Waals surface area contributed by atoms with Crippen molar-refractivity contribution >= 4 is 10.2 Å². The monoisotopic (exact) mass is 263 g/mol. The topological polar surface area (TPSA) is 93.5 Å². The highest BCUT2D eigenvalue weighted by molar-refractivity contribution is 7.87. The summed E-state index contributed by atoms with van der Waals surface area (Å²) in [6.07, 6.45) is 0.873. The van der Waals surface area contributed by atoms with Crippen molar-refractivity contribution in [2.75, 3.05) is 6.61 Å². The third kappa shape index (κ3) is 2.79. The van der Waals surface area contributed by atoms with Gasteiger partial charge < -0.3 is 10.5 Å². The summed E-state index contributed by atoms with van der Waals surface area (Å²) in [7, 11) is -3.53. The van der Waals surface area contributed by atoms with Gasteiger partial charge in [0.15, 0.2) is 0 Å². The van der Waals surface area contributed by atoms with Crippen LogP contribution in [0, 0.1) is 5.92 Å². The number of nitrogens with one attached hydrogen (secondary N) is 2. The highest BCUT2D eigenvalue weighted by Crippen LogP contribution is 2.37. The van der Waals surface area contributed by atoms with Gasteiger partial charge in [-0.05, 0) is 27.2 Å². The molecule has 1 aliphatic heterocycles. The molecule has 0 aromatic heterocycles. The molecule has 0 radical (unpaired) electrons. The second-order valence-corrected chi connectivity index (χ2v) is 7.31. The fraction of sp³-hybridized carbons (Fsp3) is 1.00. The second kappa shape index (κ2) is 4.17. The van der Waals surface area contributed by atoms with Gasteiger partial charge >= 0.3 is 0 Å². The van der Waals surface area contributed by atoms with Crippen LogP contribution in [0.5, 0.6) is 0 Å². The molecule has 17 heavy (non-hydrogen) atoms. The molecular weight excluding hydrogens is 242 g/mol. The SMILES string of the molecule is CC(C)(C)NS(=O)(=O)NC1C(N)C2CCOC21. The van der Waals surface area contributed by atoms with E-state index in [1.54, 1.807) is 20.8 Å². The molecule has 6 nitrogen and oxygen atoms in total. The average Bonchev–Trinajstić information content (AvgIpc) is 2.54. The van der Waals surface area contributed by atoms with Crippen LogP contribution in [0.25, 0.3) is 0 Å². The molecular formula is C10H21N3O3S. The van der Waals surface area contributed by atoms with Gasteiger partial charge in [0.05, 0.1) is 12.1 Å². The van der Waals surface area contributed by atoms with E-state index in [2.05, 4.69) is 9.44 Å². The summed E-state index contributed by atoms with van der Waals surface area (Å²) in [5.41, 5.74) is 5.44. The minimum absolute atomic E-state index is 0.0541. The molecule has 0 spiro atoms. The molecule has 1 saturated carbocycles. The van der Waals surface area contributed by atoms with Crippen molar-refractivity contribution in [3.63, 3.8) is 0 Å². The molecule has 7 heteroatoms. The standard InChI is InChI=1S/C10H21N3O3S/c1-10(2,3)13-17(14,15)12-8-7(11)6-4-5-16-9(6)8/h6-9,12-13H,4-5,11H2,1-3H3. The molecule has 4 unspecified atom stereocenters. The van der Waals surface area contributed by atoms with Crippen molar-refractivity contribution in [2.24, 2.45) is 11.7 Å². The fourth-order valence-electron chi connectivity index (χ4n) is 2.51. The van der Waals surface area contributed by atoms with Crippen molar-refractivity contribution in [1.82, 2.24) is 9.44 Å². The van der Waals surface area contributed by atoms with Crippen molar-refractivity contribution in [3.8, 4) is 0 Å². The van der Waals surface area contributed by atoms with Crippen LogP contribution in [0.1, 0.15) is 27.2 Å². The Labute approximate surface area is 102 Å². The van der Waals surface area contributed by atoms with Crippen molar-refractivity contribution in [1.29, 1.82) is 0 Å². The average molecular weight is 263 g/mol. The van der Waals surface area contributed by atoms with Gasteiger partial charge in [-0.25, -0.2) is 0 Å². The van der Waals surface area contributed by atoms with E-state index in [-0.39, 0.29) is 18.2 Å². The summed E-state index contributed by atoms with van der Waals surface area (Å²) < 4.78 is 34.3. The zero-order valence-corrected chi connectivity index (χ0v) is 11.3. The van der Waals surface area contributed by atoms with E-state index < -0.39 is 15.7 Å². The van der Waals surface area contributed by atoms with Crippen LogP contribution in [0.15, 0.2) is 0 Å². The van der Waals surface area contributed by atoms with Gasteiger partial charge in [-0.3, -0.25) is 0 Å². The Morgan fingerprint density at radius 2 is 2.00 bits per heavy atom.